The highest BCUT2D eigenvalue weighted by molar-refractivity contribution is 5.69. The number of likely N-dealkylation sites (tertiary alicyclic amines) is 1. The monoisotopic (exact) mass is 470 g/mol. The first kappa shape index (κ1) is 21.3. The van der Waals surface area contributed by atoms with E-state index in [1.165, 1.54) is 6.42 Å². The number of imidazole rings is 1. The first-order valence-electron chi connectivity index (χ1n) is 11.6. The minimum atomic E-state index is -1.51. The van der Waals surface area contributed by atoms with Gasteiger partial charge in [-0.05, 0) is 45.3 Å². The Balaban J connectivity index is 1.11. The van der Waals surface area contributed by atoms with Crippen molar-refractivity contribution >= 4 is 23.5 Å². The largest absolute Gasteiger partial charge is 0.441 e. The Morgan fingerprint density at radius 1 is 1.41 bits per heavy atom. The summed E-state index contributed by atoms with van der Waals surface area (Å²) in [6.45, 7) is 4.92. The van der Waals surface area contributed by atoms with Gasteiger partial charge in [-0.25, -0.2) is 19.2 Å². The summed E-state index contributed by atoms with van der Waals surface area (Å²) in [4.78, 5) is 23.4. The lowest BCUT2D eigenvalue weighted by molar-refractivity contribution is 0.0604. The van der Waals surface area contributed by atoms with Gasteiger partial charge in [0.15, 0.2) is 18.1 Å². The molecule has 0 spiro atoms. The molecule has 3 atom stereocenters. The van der Waals surface area contributed by atoms with Crippen molar-refractivity contribution in [1.82, 2.24) is 34.8 Å². The first-order chi connectivity index (χ1) is 16.5. The summed E-state index contributed by atoms with van der Waals surface area (Å²) in [6, 6.07) is 3.52. The molecule has 3 N–H and O–H groups in total. The Morgan fingerprint density at radius 2 is 2.26 bits per heavy atom. The van der Waals surface area contributed by atoms with Crippen molar-refractivity contribution in [2.45, 2.75) is 56.6 Å². The summed E-state index contributed by atoms with van der Waals surface area (Å²) in [5.41, 5.74) is 1.98. The number of hydrogen-bond acceptors (Lipinski definition) is 8. The number of carbonyl (C=O) groups excluding carboxylic acids is 1. The quantitative estimate of drug-likeness (QED) is 0.482. The van der Waals surface area contributed by atoms with E-state index in [1.807, 2.05) is 23.6 Å². The third kappa shape index (κ3) is 4.18. The maximum atomic E-state index is 15.0. The van der Waals surface area contributed by atoms with Gasteiger partial charge in [-0.1, -0.05) is 0 Å². The molecule has 1 aliphatic carbocycles. The summed E-state index contributed by atoms with van der Waals surface area (Å²) in [7, 11) is 0. The van der Waals surface area contributed by atoms with Crippen LogP contribution in [0.25, 0.3) is 5.65 Å². The molecule has 0 unspecified atom stereocenters. The average Bonchev–Trinajstić information content (AvgIpc) is 3.14. The number of ether oxygens (including phenoxy) is 2. The summed E-state index contributed by atoms with van der Waals surface area (Å²) >= 11 is 0. The predicted molar refractivity (Wildman–Crippen MR) is 119 cm³/mol. The van der Waals surface area contributed by atoms with Crippen LogP contribution in [0.2, 0.25) is 0 Å². The van der Waals surface area contributed by atoms with Gasteiger partial charge in [0.1, 0.15) is 11.8 Å². The second-order valence-corrected chi connectivity index (χ2v) is 9.52. The molecule has 0 bridgehead atoms. The lowest BCUT2D eigenvalue weighted by Gasteiger charge is -2.29. The predicted octanol–water partition coefficient (Wildman–Crippen LogP) is 2.46. The smallest absolute Gasteiger partial charge is 0.408 e. The van der Waals surface area contributed by atoms with Gasteiger partial charge >= 0.3 is 6.09 Å². The SMILES string of the molecule is CC1(NC(=O)O[C@H]2CO[C@@H](c3cc(Nc4nccc5nc(CN6CCC6)cn45)n[nH]3)[C@H]2F)CC1. The van der Waals surface area contributed by atoms with Gasteiger partial charge in [0.05, 0.1) is 18.0 Å². The third-order valence-electron chi connectivity index (χ3n) is 6.66. The number of H-pyrrole nitrogens is 1. The molecule has 34 heavy (non-hydrogen) atoms. The Hall–Kier alpha value is -3.25. The van der Waals surface area contributed by atoms with E-state index in [0.717, 1.165) is 43.8 Å². The van der Waals surface area contributed by atoms with Gasteiger partial charge < -0.3 is 20.1 Å². The second-order valence-electron chi connectivity index (χ2n) is 9.52. The van der Waals surface area contributed by atoms with E-state index in [9.17, 15) is 4.79 Å². The maximum Gasteiger partial charge on any atom is 0.408 e. The van der Waals surface area contributed by atoms with Crippen molar-refractivity contribution in [1.29, 1.82) is 0 Å². The number of halogens is 1. The Bertz CT molecular complexity index is 1200. The Morgan fingerprint density at radius 3 is 3.03 bits per heavy atom. The number of rotatable bonds is 7. The number of alkyl carbamates (subject to hydrolysis) is 1. The summed E-state index contributed by atoms with van der Waals surface area (Å²) in [5, 5.41) is 13.0. The molecule has 12 heteroatoms. The van der Waals surface area contributed by atoms with E-state index < -0.39 is 24.5 Å². The molecule has 5 heterocycles. The number of alkyl halides is 1. The molecule has 180 valence electrons. The molecule has 11 nitrogen and oxygen atoms in total. The summed E-state index contributed by atoms with van der Waals surface area (Å²) in [5.74, 6) is 1.01. The van der Waals surface area contributed by atoms with E-state index in [4.69, 9.17) is 9.47 Å². The highest BCUT2D eigenvalue weighted by atomic mass is 19.1. The minimum absolute atomic E-state index is 0.0204. The zero-order valence-electron chi connectivity index (χ0n) is 18.8. The van der Waals surface area contributed by atoms with Crippen molar-refractivity contribution in [3.05, 3.63) is 35.9 Å². The fraction of sp³-hybridized carbons (Fsp3) is 0.545. The molecule has 3 aliphatic rings. The molecule has 3 aromatic heterocycles. The zero-order valence-corrected chi connectivity index (χ0v) is 18.8. The van der Waals surface area contributed by atoms with Crippen molar-refractivity contribution in [3.63, 3.8) is 0 Å². The lowest BCUT2D eigenvalue weighted by atomic mass is 10.1. The molecule has 3 aromatic rings. The van der Waals surface area contributed by atoms with Crippen LogP contribution in [-0.2, 0) is 16.0 Å². The van der Waals surface area contributed by atoms with Crippen molar-refractivity contribution in [2.75, 3.05) is 25.0 Å². The van der Waals surface area contributed by atoms with Gasteiger partial charge in [0, 0.05) is 30.5 Å². The Kier molecular flexibility index (Phi) is 5.14. The number of anilines is 2. The van der Waals surface area contributed by atoms with Gasteiger partial charge in [-0.15, -0.1) is 0 Å². The van der Waals surface area contributed by atoms with E-state index in [0.29, 0.717) is 17.5 Å². The summed E-state index contributed by atoms with van der Waals surface area (Å²) in [6.07, 6.45) is 2.67. The summed E-state index contributed by atoms with van der Waals surface area (Å²) < 4.78 is 27.7. The molecule has 1 amide bonds. The van der Waals surface area contributed by atoms with Crippen LogP contribution in [0.15, 0.2) is 24.5 Å². The molecule has 0 aromatic carbocycles. The van der Waals surface area contributed by atoms with Crippen LogP contribution in [0, 0.1) is 0 Å². The number of nitrogens with zero attached hydrogens (tertiary/aromatic N) is 5. The first-order valence-corrected chi connectivity index (χ1v) is 11.6. The fourth-order valence-electron chi connectivity index (χ4n) is 4.23. The van der Waals surface area contributed by atoms with Crippen molar-refractivity contribution in [3.8, 4) is 0 Å². The second kappa shape index (κ2) is 8.20. The molecule has 0 radical (unpaired) electrons. The van der Waals surface area contributed by atoms with Crippen molar-refractivity contribution < 1.29 is 18.7 Å². The number of aromatic nitrogens is 5. The van der Waals surface area contributed by atoms with Crippen LogP contribution in [-0.4, -0.2) is 73.1 Å². The topological polar surface area (TPSA) is 122 Å². The standard InChI is InChI=1S/C22H27FN8O3/c1-22(4-5-22)27-21(32)34-15-12-33-19(18(15)23)14-9-16(29-28-14)26-20-24-6-3-17-25-13(11-31(17)20)10-30-7-2-8-30/h3,6,9,11,15,18-19H,2,4-5,7-8,10,12H2,1H3,(H,27,32)(H2,24,26,28,29)/t15-,18-,19-/m0/s1. The van der Waals surface area contributed by atoms with Crippen LogP contribution < -0.4 is 10.6 Å². The van der Waals surface area contributed by atoms with E-state index in [-0.39, 0.29) is 12.1 Å². The fourth-order valence-corrected chi connectivity index (χ4v) is 4.23. The van der Waals surface area contributed by atoms with Crippen LogP contribution >= 0.6 is 0 Å². The highest BCUT2D eigenvalue weighted by Gasteiger charge is 2.44. The van der Waals surface area contributed by atoms with Crippen LogP contribution in [0.1, 0.15) is 43.7 Å². The molecule has 2 saturated heterocycles. The number of amides is 1. The van der Waals surface area contributed by atoms with Crippen LogP contribution in [0.3, 0.4) is 0 Å². The molecule has 1 saturated carbocycles. The molecular weight excluding hydrogens is 443 g/mol. The molecule has 2 aliphatic heterocycles. The average molecular weight is 471 g/mol. The number of nitrogens with one attached hydrogen (secondary N) is 3. The van der Waals surface area contributed by atoms with E-state index in [1.54, 1.807) is 12.3 Å². The normalized spacial score (nSPS) is 25.8. The number of aromatic amines is 1. The van der Waals surface area contributed by atoms with Gasteiger partial charge in [-0.3, -0.25) is 14.4 Å². The van der Waals surface area contributed by atoms with Gasteiger partial charge in [-0.2, -0.15) is 5.10 Å². The third-order valence-corrected chi connectivity index (χ3v) is 6.66. The zero-order chi connectivity index (χ0) is 23.3. The maximum absolute atomic E-state index is 15.0. The highest BCUT2D eigenvalue weighted by Crippen LogP contribution is 2.36. The molecular formula is C22H27FN8O3. The van der Waals surface area contributed by atoms with E-state index >= 15 is 4.39 Å². The minimum Gasteiger partial charge on any atom is -0.441 e. The Labute approximate surface area is 195 Å². The number of hydrogen-bond donors (Lipinski definition) is 3. The number of fused-ring (bicyclic) bond motifs is 1. The lowest BCUT2D eigenvalue weighted by Crippen LogP contribution is -2.39. The van der Waals surface area contributed by atoms with E-state index in [2.05, 4.69) is 35.7 Å². The van der Waals surface area contributed by atoms with Crippen LogP contribution in [0.4, 0.5) is 21.0 Å². The van der Waals surface area contributed by atoms with Gasteiger partial charge in [0.25, 0.3) is 0 Å². The van der Waals surface area contributed by atoms with Gasteiger partial charge in [0.2, 0.25) is 5.95 Å². The number of carbonyl (C=O) groups is 1. The molecule has 6 rings (SSSR count). The molecule has 3 fully saturated rings. The van der Waals surface area contributed by atoms with Crippen molar-refractivity contribution in [2.24, 2.45) is 0 Å². The van der Waals surface area contributed by atoms with Crippen LogP contribution in [0.5, 0.6) is 0 Å².